The lowest BCUT2D eigenvalue weighted by Crippen LogP contribution is -2.52. The normalized spacial score (nSPS) is 40.3. The van der Waals surface area contributed by atoms with Crippen molar-refractivity contribution in [3.63, 3.8) is 0 Å². The van der Waals surface area contributed by atoms with E-state index in [-0.39, 0.29) is 29.2 Å². The van der Waals surface area contributed by atoms with Crippen LogP contribution in [0.4, 0.5) is 9.18 Å². The third-order valence-corrected chi connectivity index (χ3v) is 11.2. The number of nitrogens with one attached hydrogen (secondary N) is 2. The van der Waals surface area contributed by atoms with E-state index in [1.807, 2.05) is 16.7 Å². The molecule has 7 nitrogen and oxygen atoms in total. The predicted molar refractivity (Wildman–Crippen MR) is 120 cm³/mol. The topological polar surface area (TPSA) is 81.8 Å². The number of amides is 2. The van der Waals surface area contributed by atoms with Crippen molar-refractivity contribution in [1.29, 1.82) is 0 Å². The first-order chi connectivity index (χ1) is 14.8. The van der Waals surface area contributed by atoms with Gasteiger partial charge in [0.05, 0.1) is 17.3 Å². The number of nitrogens with zero attached hydrogens (tertiary/aromatic N) is 2. The molecule has 3 aliphatic carbocycles. The van der Waals surface area contributed by atoms with Gasteiger partial charge in [-0.05, 0) is 70.6 Å². The number of thioether (sulfide) groups is 1. The van der Waals surface area contributed by atoms with Crippen LogP contribution in [0.2, 0.25) is 0 Å². The molecule has 2 saturated heterocycles. The van der Waals surface area contributed by atoms with Crippen LogP contribution in [0, 0.1) is 5.92 Å². The second kappa shape index (κ2) is 8.33. The number of sulfonamides is 1. The largest absolute Gasteiger partial charge is 0.322 e. The van der Waals surface area contributed by atoms with Crippen LogP contribution < -0.4 is 10.0 Å². The molecular formula is C21H35FN4O3S2. The number of fused-ring (bicyclic) bond motifs is 1. The van der Waals surface area contributed by atoms with Crippen molar-refractivity contribution in [3.8, 4) is 0 Å². The fraction of sp³-hybridized carbons (Fsp3) is 0.952. The first-order valence-corrected chi connectivity index (χ1v) is 14.5. The number of alkyl halides is 1. The number of halogens is 1. The third-order valence-electron chi connectivity index (χ3n) is 7.97. The Hall–Kier alpha value is -0.580. The summed E-state index contributed by atoms with van der Waals surface area (Å²) < 4.78 is 42.7. The average Bonchev–Trinajstić information content (AvgIpc) is 3.13. The minimum absolute atomic E-state index is 0.0319. The molecule has 0 spiro atoms. The molecule has 4 atom stereocenters. The van der Waals surface area contributed by atoms with Gasteiger partial charge in [0, 0.05) is 24.4 Å². The molecule has 3 saturated carbocycles. The van der Waals surface area contributed by atoms with Crippen LogP contribution in [0.15, 0.2) is 0 Å². The van der Waals surface area contributed by atoms with Gasteiger partial charge in [0.2, 0.25) is 10.0 Å². The van der Waals surface area contributed by atoms with Gasteiger partial charge in [-0.15, -0.1) is 11.8 Å². The van der Waals surface area contributed by atoms with E-state index in [9.17, 15) is 17.6 Å². The molecule has 4 unspecified atom stereocenters. The Kier molecular flexibility index (Phi) is 5.97. The molecule has 0 bridgehead atoms. The molecule has 0 aromatic heterocycles. The molecule has 2 amide bonds. The van der Waals surface area contributed by atoms with Gasteiger partial charge in [-0.25, -0.2) is 22.3 Å². The highest BCUT2D eigenvalue weighted by Gasteiger charge is 2.54. The van der Waals surface area contributed by atoms with E-state index in [0.29, 0.717) is 44.6 Å². The highest BCUT2D eigenvalue weighted by Crippen LogP contribution is 2.42. The Bertz CT molecular complexity index is 794. The van der Waals surface area contributed by atoms with Crippen molar-refractivity contribution in [3.05, 3.63) is 0 Å². The molecule has 5 aliphatic rings. The van der Waals surface area contributed by atoms with E-state index in [0.717, 1.165) is 38.0 Å². The van der Waals surface area contributed by atoms with Crippen molar-refractivity contribution in [2.75, 3.05) is 18.8 Å². The zero-order valence-electron chi connectivity index (χ0n) is 18.3. The van der Waals surface area contributed by atoms with Gasteiger partial charge in [-0.1, -0.05) is 0 Å². The van der Waals surface area contributed by atoms with Crippen molar-refractivity contribution in [1.82, 2.24) is 19.8 Å². The van der Waals surface area contributed by atoms with E-state index in [1.165, 1.54) is 0 Å². The Morgan fingerprint density at radius 3 is 2.55 bits per heavy atom. The minimum Gasteiger partial charge on any atom is -0.319 e. The van der Waals surface area contributed by atoms with E-state index < -0.39 is 21.4 Å². The molecule has 0 radical (unpaired) electrons. The summed E-state index contributed by atoms with van der Waals surface area (Å²) in [5.41, 5.74) is -0.354. The van der Waals surface area contributed by atoms with Crippen LogP contribution in [0.25, 0.3) is 0 Å². The second-order valence-corrected chi connectivity index (χ2v) is 13.6. The molecule has 0 aromatic rings. The molecule has 176 valence electrons. The minimum atomic E-state index is -3.41. The molecule has 2 N–H and O–H groups in total. The highest BCUT2D eigenvalue weighted by atomic mass is 32.2. The maximum Gasteiger partial charge on any atom is 0.322 e. The van der Waals surface area contributed by atoms with Gasteiger partial charge in [-0.2, -0.15) is 0 Å². The molecule has 0 aromatic carbocycles. The summed E-state index contributed by atoms with van der Waals surface area (Å²) in [6.45, 7) is 3.50. The van der Waals surface area contributed by atoms with Crippen molar-refractivity contribution in [2.45, 2.75) is 99.3 Å². The number of rotatable bonds is 6. The number of carbonyl (C=O) groups excluding carboxylic acids is 1. The number of hydrogen-bond donors (Lipinski definition) is 2. The van der Waals surface area contributed by atoms with Gasteiger partial charge in [0.25, 0.3) is 0 Å². The Balaban J connectivity index is 1.33. The summed E-state index contributed by atoms with van der Waals surface area (Å²) >= 11 is 1.73. The number of carbonyl (C=O) groups is 1. The van der Waals surface area contributed by atoms with Crippen molar-refractivity contribution in [2.24, 2.45) is 5.92 Å². The standard InChI is InChI=1S/C21H35FN4O3S2/c1-21(8-9-21)24-31(28,29)16-6-7-17-18(12-16)26(19-23-10-11-30-19)20(27)25(17)13-14-2-4-15(22)5-3-14/h14-19,23-24H,2-13H2,1H3. The molecule has 2 heterocycles. The van der Waals surface area contributed by atoms with Crippen molar-refractivity contribution >= 4 is 27.8 Å². The van der Waals surface area contributed by atoms with Gasteiger partial charge in [0.15, 0.2) is 0 Å². The second-order valence-electron chi connectivity index (χ2n) is 10.4. The van der Waals surface area contributed by atoms with Crippen LogP contribution >= 0.6 is 11.8 Å². The Morgan fingerprint density at radius 1 is 1.16 bits per heavy atom. The lowest BCUT2D eigenvalue weighted by molar-refractivity contribution is 0.143. The molecule has 5 rings (SSSR count). The lowest BCUT2D eigenvalue weighted by Gasteiger charge is -2.38. The van der Waals surface area contributed by atoms with Crippen LogP contribution in [0.1, 0.15) is 64.7 Å². The lowest BCUT2D eigenvalue weighted by atomic mass is 9.86. The van der Waals surface area contributed by atoms with Crippen LogP contribution in [0.3, 0.4) is 0 Å². The van der Waals surface area contributed by atoms with Gasteiger partial charge in [-0.3, -0.25) is 10.2 Å². The smallest absolute Gasteiger partial charge is 0.319 e. The zero-order chi connectivity index (χ0) is 21.8. The summed E-state index contributed by atoms with van der Waals surface area (Å²) in [7, 11) is -3.41. The first kappa shape index (κ1) is 22.2. The summed E-state index contributed by atoms with van der Waals surface area (Å²) in [6, 6.07) is 0.00134. The van der Waals surface area contributed by atoms with Crippen molar-refractivity contribution < 1.29 is 17.6 Å². The summed E-state index contributed by atoms with van der Waals surface area (Å²) in [4.78, 5) is 17.5. The van der Waals surface area contributed by atoms with Crippen LogP contribution in [-0.4, -0.2) is 77.6 Å². The zero-order valence-corrected chi connectivity index (χ0v) is 19.9. The van der Waals surface area contributed by atoms with Crippen LogP contribution in [-0.2, 0) is 10.0 Å². The molecule has 5 fully saturated rings. The fourth-order valence-corrected chi connectivity index (χ4v) is 8.90. The maximum atomic E-state index is 13.6. The average molecular weight is 475 g/mol. The number of hydrogen-bond acceptors (Lipinski definition) is 5. The Labute approximate surface area is 189 Å². The molecule has 31 heavy (non-hydrogen) atoms. The van der Waals surface area contributed by atoms with Crippen LogP contribution in [0.5, 0.6) is 0 Å². The predicted octanol–water partition coefficient (Wildman–Crippen LogP) is 2.63. The maximum absolute atomic E-state index is 13.6. The quantitative estimate of drug-likeness (QED) is 0.619. The molecular weight excluding hydrogens is 439 g/mol. The Morgan fingerprint density at radius 2 is 1.90 bits per heavy atom. The van der Waals surface area contributed by atoms with E-state index in [1.54, 1.807) is 11.8 Å². The monoisotopic (exact) mass is 474 g/mol. The SMILES string of the molecule is CC1(NS(=O)(=O)C2CCC3C(C2)N(C2NCCS2)C(=O)N3CC2CCC(F)CC2)CC1. The van der Waals surface area contributed by atoms with E-state index >= 15 is 0 Å². The molecule has 2 aliphatic heterocycles. The fourth-order valence-electron chi connectivity index (χ4n) is 5.85. The van der Waals surface area contributed by atoms with Gasteiger partial charge in [0.1, 0.15) is 11.7 Å². The summed E-state index contributed by atoms with van der Waals surface area (Å²) in [5.74, 6) is 1.30. The third kappa shape index (κ3) is 4.46. The van der Waals surface area contributed by atoms with E-state index in [4.69, 9.17) is 0 Å². The summed E-state index contributed by atoms with van der Waals surface area (Å²) in [6.07, 6.45) is 5.74. The van der Waals surface area contributed by atoms with Gasteiger partial charge < -0.3 is 4.90 Å². The number of urea groups is 1. The van der Waals surface area contributed by atoms with E-state index in [2.05, 4.69) is 10.0 Å². The first-order valence-electron chi connectivity index (χ1n) is 11.9. The highest BCUT2D eigenvalue weighted by molar-refractivity contribution is 8.00. The molecule has 10 heteroatoms. The summed E-state index contributed by atoms with van der Waals surface area (Å²) in [5, 5.41) is 2.97. The van der Waals surface area contributed by atoms with Gasteiger partial charge >= 0.3 is 6.03 Å².